The summed E-state index contributed by atoms with van der Waals surface area (Å²) < 4.78 is 0. The maximum atomic E-state index is 10.0. The largest absolute Gasteiger partial charge is 0.388 e. The van der Waals surface area contributed by atoms with E-state index in [1.807, 2.05) is 37.3 Å². The SMILES string of the molecule is C=C(C)[C@@H]1C[C@@H]1[C@H](O)c1ccccc1. The molecule has 3 atom stereocenters. The van der Waals surface area contributed by atoms with Gasteiger partial charge in [0.05, 0.1) is 6.10 Å². The van der Waals surface area contributed by atoms with Crippen LogP contribution in [0.5, 0.6) is 0 Å². The van der Waals surface area contributed by atoms with Crippen molar-refractivity contribution in [1.82, 2.24) is 0 Å². The number of allylic oxidation sites excluding steroid dienone is 1. The first-order valence-corrected chi connectivity index (χ1v) is 5.08. The van der Waals surface area contributed by atoms with Gasteiger partial charge in [-0.15, -0.1) is 0 Å². The lowest BCUT2D eigenvalue weighted by atomic mass is 10.0. The van der Waals surface area contributed by atoms with Gasteiger partial charge in [-0.2, -0.15) is 0 Å². The molecule has 1 N–H and O–H groups in total. The minimum atomic E-state index is -0.308. The zero-order valence-corrected chi connectivity index (χ0v) is 8.48. The van der Waals surface area contributed by atoms with Gasteiger partial charge in [-0.3, -0.25) is 0 Å². The maximum Gasteiger partial charge on any atom is 0.0824 e. The van der Waals surface area contributed by atoms with Gasteiger partial charge >= 0.3 is 0 Å². The van der Waals surface area contributed by atoms with Crippen molar-refractivity contribution in [2.45, 2.75) is 19.4 Å². The Morgan fingerprint density at radius 1 is 1.43 bits per heavy atom. The molecule has 0 heterocycles. The second kappa shape index (κ2) is 3.58. The summed E-state index contributed by atoms with van der Waals surface area (Å²) in [7, 11) is 0. The Bertz CT molecular complexity index is 328. The second-order valence-electron chi connectivity index (χ2n) is 4.21. The van der Waals surface area contributed by atoms with Gasteiger partial charge < -0.3 is 5.11 Å². The summed E-state index contributed by atoms with van der Waals surface area (Å²) in [4.78, 5) is 0. The van der Waals surface area contributed by atoms with Gasteiger partial charge in [0.25, 0.3) is 0 Å². The Labute approximate surface area is 85.1 Å². The van der Waals surface area contributed by atoms with Crippen LogP contribution in [0.1, 0.15) is 25.0 Å². The molecule has 0 amide bonds. The van der Waals surface area contributed by atoms with Crippen LogP contribution in [0.4, 0.5) is 0 Å². The highest BCUT2D eigenvalue weighted by atomic mass is 16.3. The number of aliphatic hydroxyl groups is 1. The normalized spacial score (nSPS) is 27.0. The molecule has 0 unspecified atom stereocenters. The predicted octanol–water partition coefficient (Wildman–Crippen LogP) is 2.93. The molecule has 74 valence electrons. The smallest absolute Gasteiger partial charge is 0.0824 e. The van der Waals surface area contributed by atoms with Crippen molar-refractivity contribution < 1.29 is 5.11 Å². The molecule has 0 aromatic heterocycles. The fraction of sp³-hybridized carbons (Fsp3) is 0.385. The van der Waals surface area contributed by atoms with Crippen LogP contribution >= 0.6 is 0 Å². The number of hydrogen-bond acceptors (Lipinski definition) is 1. The van der Waals surface area contributed by atoms with Crippen molar-refractivity contribution >= 4 is 0 Å². The van der Waals surface area contributed by atoms with Crippen molar-refractivity contribution in [2.24, 2.45) is 11.8 Å². The van der Waals surface area contributed by atoms with Gasteiger partial charge in [0.1, 0.15) is 0 Å². The van der Waals surface area contributed by atoms with Gasteiger partial charge in [0, 0.05) is 0 Å². The van der Waals surface area contributed by atoms with Crippen molar-refractivity contribution in [1.29, 1.82) is 0 Å². The third-order valence-corrected chi connectivity index (χ3v) is 3.02. The second-order valence-corrected chi connectivity index (χ2v) is 4.21. The van der Waals surface area contributed by atoms with E-state index in [4.69, 9.17) is 0 Å². The molecule has 1 nitrogen and oxygen atoms in total. The number of rotatable bonds is 3. The van der Waals surface area contributed by atoms with E-state index in [-0.39, 0.29) is 6.10 Å². The molecular weight excluding hydrogens is 172 g/mol. The molecule has 1 aromatic rings. The van der Waals surface area contributed by atoms with E-state index in [9.17, 15) is 5.11 Å². The third kappa shape index (κ3) is 1.73. The Balaban J connectivity index is 2.05. The lowest BCUT2D eigenvalue weighted by molar-refractivity contribution is 0.149. The highest BCUT2D eigenvalue weighted by molar-refractivity contribution is 5.22. The summed E-state index contributed by atoms with van der Waals surface area (Å²) in [5, 5.41) is 10.0. The number of aliphatic hydroxyl groups excluding tert-OH is 1. The Hall–Kier alpha value is -1.08. The van der Waals surface area contributed by atoms with E-state index in [1.165, 1.54) is 5.57 Å². The highest BCUT2D eigenvalue weighted by Gasteiger charge is 2.42. The predicted molar refractivity (Wildman–Crippen MR) is 57.8 cm³/mol. The van der Waals surface area contributed by atoms with E-state index in [2.05, 4.69) is 6.58 Å². The summed E-state index contributed by atoms with van der Waals surface area (Å²) in [6.07, 6.45) is 0.781. The standard InChI is InChI=1S/C13H16O/c1-9(2)11-8-12(11)13(14)10-6-4-3-5-7-10/h3-7,11-14H,1,8H2,2H3/t11-,12-,13+/m0/s1. The average Bonchev–Trinajstić information content (AvgIpc) is 2.97. The summed E-state index contributed by atoms with van der Waals surface area (Å²) in [5.74, 6) is 0.931. The lowest BCUT2D eigenvalue weighted by Crippen LogP contribution is -2.01. The van der Waals surface area contributed by atoms with E-state index in [0.29, 0.717) is 11.8 Å². The molecule has 2 rings (SSSR count). The van der Waals surface area contributed by atoms with Gasteiger partial charge in [-0.1, -0.05) is 42.5 Å². The first-order valence-electron chi connectivity index (χ1n) is 5.08. The molecule has 0 bridgehead atoms. The topological polar surface area (TPSA) is 20.2 Å². The molecule has 1 aliphatic rings. The zero-order valence-electron chi connectivity index (χ0n) is 8.48. The van der Waals surface area contributed by atoms with E-state index < -0.39 is 0 Å². The third-order valence-electron chi connectivity index (χ3n) is 3.02. The zero-order chi connectivity index (χ0) is 10.1. The monoisotopic (exact) mass is 188 g/mol. The minimum Gasteiger partial charge on any atom is -0.388 e. The van der Waals surface area contributed by atoms with E-state index in [0.717, 1.165) is 12.0 Å². The molecule has 1 fully saturated rings. The maximum absolute atomic E-state index is 10.0. The molecule has 1 heteroatoms. The van der Waals surface area contributed by atoms with Gasteiger partial charge in [-0.05, 0) is 30.7 Å². The van der Waals surface area contributed by atoms with Gasteiger partial charge in [-0.25, -0.2) is 0 Å². The molecule has 1 aliphatic carbocycles. The number of hydrogen-bond donors (Lipinski definition) is 1. The summed E-state index contributed by atoms with van der Waals surface area (Å²) in [5.41, 5.74) is 2.23. The first kappa shape index (κ1) is 9.47. The number of benzene rings is 1. The van der Waals surface area contributed by atoms with Crippen LogP contribution in [-0.4, -0.2) is 5.11 Å². The summed E-state index contributed by atoms with van der Waals surface area (Å²) >= 11 is 0. The summed E-state index contributed by atoms with van der Waals surface area (Å²) in [6.45, 7) is 5.98. The molecule has 1 saturated carbocycles. The summed E-state index contributed by atoms with van der Waals surface area (Å²) in [6, 6.07) is 9.88. The van der Waals surface area contributed by atoms with Crippen LogP contribution in [0.25, 0.3) is 0 Å². The Morgan fingerprint density at radius 3 is 2.57 bits per heavy atom. The van der Waals surface area contributed by atoms with Crippen molar-refractivity contribution in [3.63, 3.8) is 0 Å². The molecule has 0 saturated heterocycles. The first-order chi connectivity index (χ1) is 6.70. The fourth-order valence-corrected chi connectivity index (χ4v) is 2.03. The average molecular weight is 188 g/mol. The van der Waals surface area contributed by atoms with Crippen molar-refractivity contribution in [3.05, 3.63) is 48.0 Å². The van der Waals surface area contributed by atoms with Crippen LogP contribution in [0, 0.1) is 11.8 Å². The van der Waals surface area contributed by atoms with Crippen LogP contribution in [0.2, 0.25) is 0 Å². The van der Waals surface area contributed by atoms with E-state index >= 15 is 0 Å². The van der Waals surface area contributed by atoms with Crippen LogP contribution in [0.3, 0.4) is 0 Å². The van der Waals surface area contributed by atoms with Crippen molar-refractivity contribution in [2.75, 3.05) is 0 Å². The fourth-order valence-electron chi connectivity index (χ4n) is 2.03. The van der Waals surface area contributed by atoms with Gasteiger partial charge in [0.15, 0.2) is 0 Å². The molecule has 0 spiro atoms. The molecular formula is C13H16O. The molecule has 0 radical (unpaired) electrons. The highest BCUT2D eigenvalue weighted by Crippen LogP contribution is 2.50. The van der Waals surface area contributed by atoms with Crippen molar-refractivity contribution in [3.8, 4) is 0 Å². The Kier molecular flexibility index (Phi) is 2.42. The quantitative estimate of drug-likeness (QED) is 0.723. The lowest BCUT2D eigenvalue weighted by Gasteiger charge is -2.10. The van der Waals surface area contributed by atoms with E-state index in [1.54, 1.807) is 0 Å². The minimum absolute atomic E-state index is 0.308. The molecule has 0 aliphatic heterocycles. The van der Waals surface area contributed by atoms with Crippen LogP contribution in [0.15, 0.2) is 42.5 Å². The van der Waals surface area contributed by atoms with Crippen LogP contribution < -0.4 is 0 Å². The van der Waals surface area contributed by atoms with Crippen LogP contribution in [-0.2, 0) is 0 Å². The van der Waals surface area contributed by atoms with Gasteiger partial charge in [0.2, 0.25) is 0 Å². The Morgan fingerprint density at radius 2 is 2.07 bits per heavy atom. The molecule has 1 aromatic carbocycles. The molecule has 14 heavy (non-hydrogen) atoms.